The molecular weight excluding hydrogens is 303 g/mol. The van der Waals surface area contributed by atoms with Crippen molar-refractivity contribution in [3.05, 3.63) is 18.2 Å². The van der Waals surface area contributed by atoms with E-state index in [0.717, 1.165) is 16.0 Å². The predicted molar refractivity (Wildman–Crippen MR) is 89.8 cm³/mol. The summed E-state index contributed by atoms with van der Waals surface area (Å²) in [7, 11) is -2.48. The summed E-state index contributed by atoms with van der Waals surface area (Å²) >= 11 is 0. The van der Waals surface area contributed by atoms with Gasteiger partial charge in [0.15, 0.2) is 0 Å². The molecule has 1 heterocycles. The lowest BCUT2D eigenvalue weighted by atomic mass is 9.79. The van der Waals surface area contributed by atoms with Crippen LogP contribution in [0.4, 0.5) is 11.4 Å². The van der Waals surface area contributed by atoms with Gasteiger partial charge < -0.3 is 15.0 Å². The summed E-state index contributed by atoms with van der Waals surface area (Å²) in [5.41, 5.74) is 6.52. The standard InChI is InChI=1S/C14H23BN2O4S/c1-13(2)14(3,4)21-15(20-13)10-7-8-11(16)12(9-10)17(5)22(6,18)19/h7-9H,16H2,1-6H3. The molecule has 0 atom stereocenters. The van der Waals surface area contributed by atoms with E-state index in [2.05, 4.69) is 0 Å². The highest BCUT2D eigenvalue weighted by Gasteiger charge is 2.51. The molecule has 1 aliphatic heterocycles. The minimum atomic E-state index is -3.39. The third kappa shape index (κ3) is 2.95. The van der Waals surface area contributed by atoms with Crippen molar-refractivity contribution in [3.63, 3.8) is 0 Å². The van der Waals surface area contributed by atoms with E-state index in [-0.39, 0.29) is 0 Å². The fourth-order valence-electron chi connectivity index (χ4n) is 2.14. The van der Waals surface area contributed by atoms with Gasteiger partial charge in [0.1, 0.15) is 0 Å². The summed E-state index contributed by atoms with van der Waals surface area (Å²) in [6, 6.07) is 5.15. The molecule has 0 radical (unpaired) electrons. The predicted octanol–water partition coefficient (Wildman–Crippen LogP) is 0.964. The number of hydrogen-bond donors (Lipinski definition) is 1. The van der Waals surface area contributed by atoms with Crippen LogP contribution < -0.4 is 15.5 Å². The van der Waals surface area contributed by atoms with E-state index in [1.807, 2.05) is 27.7 Å². The number of nitrogen functional groups attached to an aromatic ring is 1. The summed E-state index contributed by atoms with van der Waals surface area (Å²) in [6.07, 6.45) is 1.13. The molecule has 1 aliphatic rings. The van der Waals surface area contributed by atoms with Crippen LogP contribution in [0, 0.1) is 0 Å². The fraction of sp³-hybridized carbons (Fsp3) is 0.571. The average Bonchev–Trinajstić information content (AvgIpc) is 2.57. The van der Waals surface area contributed by atoms with Gasteiger partial charge >= 0.3 is 7.12 Å². The van der Waals surface area contributed by atoms with Gasteiger partial charge in [0, 0.05) is 7.05 Å². The molecule has 0 aromatic heterocycles. The number of anilines is 2. The lowest BCUT2D eigenvalue weighted by Gasteiger charge is -2.32. The third-order valence-corrected chi connectivity index (χ3v) is 5.61. The molecule has 2 rings (SSSR count). The molecule has 1 fully saturated rings. The number of nitrogens with two attached hydrogens (primary N) is 1. The van der Waals surface area contributed by atoms with Crippen LogP contribution in [-0.4, -0.2) is 40.0 Å². The van der Waals surface area contributed by atoms with Crippen molar-refractivity contribution in [3.8, 4) is 0 Å². The zero-order chi connectivity index (χ0) is 16.9. The van der Waals surface area contributed by atoms with E-state index >= 15 is 0 Å². The molecule has 0 unspecified atom stereocenters. The van der Waals surface area contributed by atoms with Crippen LogP contribution in [0.2, 0.25) is 0 Å². The first kappa shape index (κ1) is 17.1. The molecule has 2 N–H and O–H groups in total. The van der Waals surface area contributed by atoms with Gasteiger partial charge in [-0.3, -0.25) is 4.31 Å². The molecule has 122 valence electrons. The highest BCUT2D eigenvalue weighted by atomic mass is 32.2. The molecule has 8 heteroatoms. The minimum absolute atomic E-state index is 0.383. The van der Waals surface area contributed by atoms with Crippen molar-refractivity contribution in [1.82, 2.24) is 0 Å². The first-order valence-corrected chi connectivity index (χ1v) is 8.89. The number of benzene rings is 1. The molecule has 6 nitrogen and oxygen atoms in total. The molecule has 0 amide bonds. The first-order valence-electron chi connectivity index (χ1n) is 7.04. The van der Waals surface area contributed by atoms with E-state index in [9.17, 15) is 8.42 Å². The Balaban J connectivity index is 2.40. The lowest BCUT2D eigenvalue weighted by Crippen LogP contribution is -2.41. The van der Waals surface area contributed by atoms with Gasteiger partial charge in [-0.1, -0.05) is 6.07 Å². The summed E-state index contributed by atoms with van der Waals surface area (Å²) in [6.45, 7) is 7.86. The Morgan fingerprint density at radius 2 is 1.64 bits per heavy atom. The van der Waals surface area contributed by atoms with Crippen LogP contribution >= 0.6 is 0 Å². The van der Waals surface area contributed by atoms with Gasteiger partial charge in [-0.2, -0.15) is 0 Å². The first-order chi connectivity index (χ1) is 9.85. The zero-order valence-corrected chi connectivity index (χ0v) is 14.7. The Bertz CT molecular complexity index is 672. The quantitative estimate of drug-likeness (QED) is 0.661. The maximum atomic E-state index is 11.7. The largest absolute Gasteiger partial charge is 0.494 e. The maximum Gasteiger partial charge on any atom is 0.494 e. The van der Waals surface area contributed by atoms with Crippen LogP contribution in [0.1, 0.15) is 27.7 Å². The molecular formula is C14H23BN2O4S. The second kappa shape index (κ2) is 5.14. The van der Waals surface area contributed by atoms with Gasteiger partial charge in [0.2, 0.25) is 10.0 Å². The van der Waals surface area contributed by atoms with E-state index in [1.54, 1.807) is 18.2 Å². The molecule has 0 bridgehead atoms. The Morgan fingerprint density at radius 3 is 2.09 bits per heavy atom. The Kier molecular flexibility index (Phi) is 4.00. The lowest BCUT2D eigenvalue weighted by molar-refractivity contribution is 0.00578. The van der Waals surface area contributed by atoms with Crippen LogP contribution in [0.15, 0.2) is 18.2 Å². The van der Waals surface area contributed by atoms with E-state index < -0.39 is 28.3 Å². The van der Waals surface area contributed by atoms with E-state index in [1.165, 1.54) is 7.05 Å². The smallest absolute Gasteiger partial charge is 0.399 e. The molecule has 0 spiro atoms. The average molecular weight is 326 g/mol. The summed E-state index contributed by atoms with van der Waals surface area (Å²) < 4.78 is 36.6. The van der Waals surface area contributed by atoms with Gasteiger partial charge in [-0.15, -0.1) is 0 Å². The Hall–Kier alpha value is -1.25. The van der Waals surface area contributed by atoms with E-state index in [4.69, 9.17) is 15.0 Å². The van der Waals surface area contributed by atoms with Crippen molar-refractivity contribution < 1.29 is 17.7 Å². The maximum absolute atomic E-state index is 11.7. The summed E-state index contributed by atoms with van der Waals surface area (Å²) in [5, 5.41) is 0. The number of sulfonamides is 1. The van der Waals surface area contributed by atoms with Crippen LogP contribution in [-0.2, 0) is 19.3 Å². The SMILES string of the molecule is CN(c1cc(B2OC(C)(C)C(C)(C)O2)ccc1N)S(C)(=O)=O. The molecule has 0 saturated carbocycles. The second-order valence-corrected chi connectivity index (χ2v) is 8.65. The fourth-order valence-corrected chi connectivity index (χ4v) is 2.65. The van der Waals surface area contributed by atoms with Gasteiger partial charge in [0.25, 0.3) is 0 Å². The highest BCUT2D eigenvalue weighted by Crippen LogP contribution is 2.37. The Labute approximate surface area is 132 Å². The molecule has 22 heavy (non-hydrogen) atoms. The van der Waals surface area contributed by atoms with Crippen molar-refractivity contribution in [2.24, 2.45) is 0 Å². The monoisotopic (exact) mass is 326 g/mol. The topological polar surface area (TPSA) is 81.9 Å². The minimum Gasteiger partial charge on any atom is -0.399 e. The van der Waals surface area contributed by atoms with Gasteiger partial charge in [0.05, 0.1) is 28.8 Å². The molecule has 1 aromatic rings. The molecule has 1 aromatic carbocycles. The van der Waals surface area contributed by atoms with Crippen LogP contribution in [0.25, 0.3) is 0 Å². The van der Waals surface area contributed by atoms with E-state index in [0.29, 0.717) is 11.4 Å². The molecule has 0 aliphatic carbocycles. The third-order valence-electron chi connectivity index (χ3n) is 4.42. The van der Waals surface area contributed by atoms with Crippen molar-refractivity contribution in [2.45, 2.75) is 38.9 Å². The molecule has 1 saturated heterocycles. The zero-order valence-electron chi connectivity index (χ0n) is 13.9. The second-order valence-electron chi connectivity index (χ2n) is 6.64. The number of hydrogen-bond acceptors (Lipinski definition) is 5. The number of nitrogens with zero attached hydrogens (tertiary/aromatic N) is 1. The van der Waals surface area contributed by atoms with Crippen molar-refractivity contribution in [2.75, 3.05) is 23.3 Å². The van der Waals surface area contributed by atoms with Crippen molar-refractivity contribution in [1.29, 1.82) is 0 Å². The van der Waals surface area contributed by atoms with Crippen molar-refractivity contribution >= 4 is 34.0 Å². The van der Waals surface area contributed by atoms with Crippen LogP contribution in [0.3, 0.4) is 0 Å². The van der Waals surface area contributed by atoms with Gasteiger partial charge in [-0.25, -0.2) is 8.42 Å². The normalized spacial score (nSPS) is 20.2. The highest BCUT2D eigenvalue weighted by molar-refractivity contribution is 7.92. The summed E-state index contributed by atoms with van der Waals surface area (Å²) in [4.78, 5) is 0. The number of rotatable bonds is 3. The van der Waals surface area contributed by atoms with Gasteiger partial charge in [-0.05, 0) is 45.3 Å². The summed E-state index contributed by atoms with van der Waals surface area (Å²) in [5.74, 6) is 0. The van der Waals surface area contributed by atoms with Crippen LogP contribution in [0.5, 0.6) is 0 Å². The Morgan fingerprint density at radius 1 is 1.14 bits per heavy atom.